The van der Waals surface area contributed by atoms with Crippen molar-refractivity contribution >= 4 is 5.82 Å². The predicted molar refractivity (Wildman–Crippen MR) is 56.5 cm³/mol. The van der Waals surface area contributed by atoms with Gasteiger partial charge in [-0.1, -0.05) is 5.21 Å². The summed E-state index contributed by atoms with van der Waals surface area (Å²) in [5.74, 6) is 1.93. The van der Waals surface area contributed by atoms with Crippen LogP contribution >= 0.6 is 0 Å². The maximum absolute atomic E-state index is 5.81. The number of nitrogens with zero attached hydrogens (tertiary/aromatic N) is 6. The van der Waals surface area contributed by atoms with Gasteiger partial charge < -0.3 is 5.73 Å². The van der Waals surface area contributed by atoms with Crippen LogP contribution in [0.4, 0.5) is 5.82 Å². The molecule has 2 N–H and O–H groups in total. The third-order valence-electron chi connectivity index (χ3n) is 2.86. The Morgan fingerprint density at radius 3 is 2.94 bits per heavy atom. The Bertz CT molecular complexity index is 508. The van der Waals surface area contributed by atoms with Gasteiger partial charge in [0.15, 0.2) is 5.82 Å². The minimum atomic E-state index is 0.531. The summed E-state index contributed by atoms with van der Waals surface area (Å²) in [5.41, 5.74) is 6.86. The zero-order chi connectivity index (χ0) is 11.1. The molecule has 84 valence electrons. The Hall–Kier alpha value is -1.92. The summed E-state index contributed by atoms with van der Waals surface area (Å²) in [4.78, 5) is 4.16. The Labute approximate surface area is 92.3 Å². The van der Waals surface area contributed by atoms with Gasteiger partial charge in [-0.2, -0.15) is 5.10 Å². The summed E-state index contributed by atoms with van der Waals surface area (Å²) < 4.78 is 3.56. The molecular formula is C9H13N7. The van der Waals surface area contributed by atoms with Gasteiger partial charge in [-0.15, -0.1) is 5.10 Å². The van der Waals surface area contributed by atoms with E-state index in [9.17, 15) is 0 Å². The molecule has 16 heavy (non-hydrogen) atoms. The molecule has 1 aliphatic carbocycles. The standard InChI is InChI=1S/C9H13N7/c1-15-7(11-5-12-15)4-16-8(6-2-3-6)9(10)13-14-16/h5-6H,2-4,10H2,1H3. The van der Waals surface area contributed by atoms with Gasteiger partial charge >= 0.3 is 0 Å². The van der Waals surface area contributed by atoms with Crippen LogP contribution in [0.1, 0.15) is 30.3 Å². The third kappa shape index (κ3) is 1.44. The zero-order valence-electron chi connectivity index (χ0n) is 9.04. The minimum absolute atomic E-state index is 0.531. The molecule has 1 fully saturated rings. The average molecular weight is 219 g/mol. The second-order valence-corrected chi connectivity index (χ2v) is 4.09. The first kappa shape index (κ1) is 9.32. The first-order chi connectivity index (χ1) is 7.75. The normalized spacial score (nSPS) is 15.6. The van der Waals surface area contributed by atoms with E-state index in [4.69, 9.17) is 5.73 Å². The predicted octanol–water partition coefficient (Wildman–Crippen LogP) is -0.0855. The van der Waals surface area contributed by atoms with E-state index in [-0.39, 0.29) is 0 Å². The van der Waals surface area contributed by atoms with E-state index in [1.165, 1.54) is 19.2 Å². The summed E-state index contributed by atoms with van der Waals surface area (Å²) in [6.07, 6.45) is 3.89. The number of nitrogen functional groups attached to an aromatic ring is 1. The number of hydrogen-bond donors (Lipinski definition) is 1. The lowest BCUT2D eigenvalue weighted by Gasteiger charge is -2.04. The van der Waals surface area contributed by atoms with Crippen LogP contribution in [0, 0.1) is 0 Å². The number of rotatable bonds is 3. The molecule has 1 saturated carbocycles. The van der Waals surface area contributed by atoms with Gasteiger partial charge in [-0.25, -0.2) is 9.67 Å². The summed E-state index contributed by atoms with van der Waals surface area (Å²) in [5, 5.41) is 12.0. The van der Waals surface area contributed by atoms with Crippen LogP contribution in [0.25, 0.3) is 0 Å². The quantitative estimate of drug-likeness (QED) is 0.779. The maximum atomic E-state index is 5.81. The molecule has 0 radical (unpaired) electrons. The Morgan fingerprint density at radius 2 is 2.31 bits per heavy atom. The Morgan fingerprint density at radius 1 is 1.50 bits per heavy atom. The molecule has 0 spiro atoms. The molecule has 0 unspecified atom stereocenters. The van der Waals surface area contributed by atoms with Crippen LogP contribution in [0.3, 0.4) is 0 Å². The first-order valence-electron chi connectivity index (χ1n) is 5.27. The van der Waals surface area contributed by atoms with E-state index in [0.717, 1.165) is 11.5 Å². The highest BCUT2D eigenvalue weighted by molar-refractivity contribution is 5.38. The second-order valence-electron chi connectivity index (χ2n) is 4.09. The van der Waals surface area contributed by atoms with Crippen molar-refractivity contribution in [2.24, 2.45) is 7.05 Å². The van der Waals surface area contributed by atoms with Crippen LogP contribution < -0.4 is 5.73 Å². The summed E-state index contributed by atoms with van der Waals surface area (Å²) in [6, 6.07) is 0. The van der Waals surface area contributed by atoms with Gasteiger partial charge in [-0.05, 0) is 12.8 Å². The topological polar surface area (TPSA) is 87.4 Å². The number of hydrogen-bond acceptors (Lipinski definition) is 5. The van der Waals surface area contributed by atoms with E-state index in [1.807, 2.05) is 11.7 Å². The minimum Gasteiger partial charge on any atom is -0.381 e. The monoisotopic (exact) mass is 219 g/mol. The van der Waals surface area contributed by atoms with Crippen LogP contribution in [0.5, 0.6) is 0 Å². The maximum Gasteiger partial charge on any atom is 0.169 e. The molecule has 0 aliphatic heterocycles. The van der Waals surface area contributed by atoms with E-state index in [1.54, 1.807) is 4.68 Å². The SMILES string of the molecule is Cn1ncnc1Cn1nnc(N)c1C1CC1. The van der Waals surface area contributed by atoms with E-state index >= 15 is 0 Å². The first-order valence-corrected chi connectivity index (χ1v) is 5.27. The molecule has 2 aromatic heterocycles. The largest absolute Gasteiger partial charge is 0.381 e. The molecule has 2 aromatic rings. The van der Waals surface area contributed by atoms with E-state index in [2.05, 4.69) is 20.4 Å². The lowest BCUT2D eigenvalue weighted by atomic mass is 10.3. The van der Waals surface area contributed by atoms with Crippen molar-refractivity contribution in [3.05, 3.63) is 17.8 Å². The van der Waals surface area contributed by atoms with Crippen LogP contribution in [-0.2, 0) is 13.6 Å². The molecule has 7 nitrogen and oxygen atoms in total. The van der Waals surface area contributed by atoms with Crippen molar-refractivity contribution in [3.63, 3.8) is 0 Å². The number of nitrogens with two attached hydrogens (primary N) is 1. The summed E-state index contributed by atoms with van der Waals surface area (Å²) in [7, 11) is 1.86. The van der Waals surface area contributed by atoms with Crippen LogP contribution in [0.2, 0.25) is 0 Å². The highest BCUT2D eigenvalue weighted by atomic mass is 15.5. The third-order valence-corrected chi connectivity index (χ3v) is 2.86. The van der Waals surface area contributed by atoms with Crippen molar-refractivity contribution in [1.82, 2.24) is 29.8 Å². The van der Waals surface area contributed by atoms with Crippen molar-refractivity contribution in [2.75, 3.05) is 5.73 Å². The lowest BCUT2D eigenvalue weighted by molar-refractivity contribution is 0.570. The fourth-order valence-corrected chi connectivity index (χ4v) is 1.82. The van der Waals surface area contributed by atoms with Gasteiger partial charge in [0.05, 0.1) is 5.69 Å². The highest BCUT2D eigenvalue weighted by Gasteiger charge is 2.30. The molecule has 2 heterocycles. The Kier molecular flexibility index (Phi) is 1.92. The molecular weight excluding hydrogens is 206 g/mol. The summed E-state index contributed by atoms with van der Waals surface area (Å²) >= 11 is 0. The van der Waals surface area contributed by atoms with E-state index in [0.29, 0.717) is 18.3 Å². The fraction of sp³-hybridized carbons (Fsp3) is 0.556. The van der Waals surface area contributed by atoms with Gasteiger partial charge in [0.1, 0.15) is 18.7 Å². The highest BCUT2D eigenvalue weighted by Crippen LogP contribution is 2.41. The summed E-state index contributed by atoms with van der Waals surface area (Å²) in [6.45, 7) is 0.576. The molecule has 1 aliphatic rings. The van der Waals surface area contributed by atoms with Gasteiger partial charge in [0.25, 0.3) is 0 Å². The van der Waals surface area contributed by atoms with E-state index < -0.39 is 0 Å². The smallest absolute Gasteiger partial charge is 0.169 e. The second kappa shape index (κ2) is 3.29. The number of aryl methyl sites for hydroxylation is 1. The molecule has 0 bridgehead atoms. The average Bonchev–Trinajstić information content (AvgIpc) is 2.92. The molecule has 7 heteroatoms. The van der Waals surface area contributed by atoms with Crippen molar-refractivity contribution in [2.45, 2.75) is 25.3 Å². The number of aromatic nitrogens is 6. The molecule has 0 amide bonds. The van der Waals surface area contributed by atoms with Gasteiger partial charge in [0, 0.05) is 13.0 Å². The van der Waals surface area contributed by atoms with Crippen molar-refractivity contribution in [1.29, 1.82) is 0 Å². The molecule has 0 atom stereocenters. The van der Waals surface area contributed by atoms with Gasteiger partial charge in [0.2, 0.25) is 0 Å². The molecule has 0 saturated heterocycles. The number of anilines is 1. The molecule has 0 aromatic carbocycles. The fourth-order valence-electron chi connectivity index (χ4n) is 1.82. The lowest BCUT2D eigenvalue weighted by Crippen LogP contribution is -2.11. The van der Waals surface area contributed by atoms with Crippen molar-refractivity contribution in [3.8, 4) is 0 Å². The van der Waals surface area contributed by atoms with Crippen molar-refractivity contribution < 1.29 is 0 Å². The molecule has 3 rings (SSSR count). The van der Waals surface area contributed by atoms with Crippen LogP contribution in [-0.4, -0.2) is 29.8 Å². The van der Waals surface area contributed by atoms with Gasteiger partial charge in [-0.3, -0.25) is 4.68 Å². The Balaban J connectivity index is 1.92. The zero-order valence-corrected chi connectivity index (χ0v) is 9.04. The van der Waals surface area contributed by atoms with Crippen LogP contribution in [0.15, 0.2) is 6.33 Å².